The van der Waals surface area contributed by atoms with E-state index in [2.05, 4.69) is 0 Å². The second-order valence-electron chi connectivity index (χ2n) is 4.39. The molecule has 102 valence electrons. The van der Waals surface area contributed by atoms with Crippen molar-refractivity contribution in [3.8, 4) is 0 Å². The van der Waals surface area contributed by atoms with Gasteiger partial charge in [-0.3, -0.25) is 4.79 Å². The molecule has 1 aromatic carbocycles. The van der Waals surface area contributed by atoms with E-state index >= 15 is 0 Å². The average molecular weight is 315 g/mol. The van der Waals surface area contributed by atoms with E-state index in [1.54, 1.807) is 0 Å². The van der Waals surface area contributed by atoms with E-state index in [0.717, 1.165) is 12.1 Å². The van der Waals surface area contributed by atoms with Crippen molar-refractivity contribution in [1.82, 2.24) is 0 Å². The Balaban J connectivity index is 0.00000200. The van der Waals surface area contributed by atoms with Crippen molar-refractivity contribution in [1.29, 1.82) is 0 Å². The van der Waals surface area contributed by atoms with Gasteiger partial charge < -0.3 is 9.90 Å². The van der Waals surface area contributed by atoms with E-state index in [-0.39, 0.29) is 48.0 Å². The van der Waals surface area contributed by atoms with Gasteiger partial charge in [-0.1, -0.05) is 17.7 Å². The first-order chi connectivity index (χ1) is 8.68. The molecule has 0 amide bonds. The first kappa shape index (κ1) is 17.5. The first-order valence-electron chi connectivity index (χ1n) is 5.31. The Morgan fingerprint density at radius 1 is 1.25 bits per heavy atom. The van der Waals surface area contributed by atoms with Gasteiger partial charge in [-0.15, -0.1) is 0 Å². The monoisotopic (exact) mass is 314 g/mol. The van der Waals surface area contributed by atoms with Gasteiger partial charge >= 0.3 is 35.7 Å². The van der Waals surface area contributed by atoms with Crippen molar-refractivity contribution in [3.63, 3.8) is 0 Å². The van der Waals surface area contributed by atoms with Crippen molar-refractivity contribution < 1.29 is 57.4 Å². The molecule has 8 heteroatoms. The number of rotatable bonds is 3. The Morgan fingerprint density at radius 3 is 2.15 bits per heavy atom. The molecule has 0 radical (unpaired) electrons. The quantitative estimate of drug-likeness (QED) is 0.412. The number of hydrogen-bond donors (Lipinski definition) is 0. The fourth-order valence-corrected chi connectivity index (χ4v) is 2.10. The molecule has 0 aromatic heterocycles. The van der Waals surface area contributed by atoms with Crippen LogP contribution in [0.4, 0.5) is 13.2 Å². The van der Waals surface area contributed by atoms with Gasteiger partial charge in [-0.25, -0.2) is 0 Å². The second kappa shape index (κ2) is 5.67. The number of alkyl halides is 3. The molecule has 0 atom stereocenters. The molecule has 0 heterocycles. The molecule has 0 saturated heterocycles. The minimum atomic E-state index is -4.62. The molecule has 0 unspecified atom stereocenters. The molecular weight excluding hydrogens is 308 g/mol. The van der Waals surface area contributed by atoms with E-state index in [0.29, 0.717) is 6.07 Å². The maximum Gasteiger partial charge on any atom is 1.00 e. The topological polar surface area (TPSA) is 57.2 Å². The summed E-state index contributed by atoms with van der Waals surface area (Å²) in [6, 6.07) is 2.44. The third-order valence-electron chi connectivity index (χ3n) is 3.11. The molecule has 20 heavy (non-hydrogen) atoms. The van der Waals surface area contributed by atoms with Crippen LogP contribution in [0.5, 0.6) is 0 Å². The van der Waals surface area contributed by atoms with Gasteiger partial charge in [0.25, 0.3) is 0 Å². The molecule has 0 bridgehead atoms. The van der Waals surface area contributed by atoms with Crippen molar-refractivity contribution in [2.24, 2.45) is 5.41 Å². The molecule has 1 aliphatic carbocycles. The van der Waals surface area contributed by atoms with Crippen molar-refractivity contribution in [2.45, 2.75) is 19.0 Å². The molecule has 1 aliphatic rings. The number of Topliss-reactive ketones (excluding diaryl/α,β-unsaturated/α-hetero) is 1. The largest absolute Gasteiger partial charge is 1.00 e. The van der Waals surface area contributed by atoms with E-state index in [1.165, 1.54) is 0 Å². The van der Waals surface area contributed by atoms with Crippen LogP contribution in [-0.2, 0) is 11.0 Å². The standard InChI is InChI=1S/C12H8ClF3O3.Na/c13-8-5-6(1-2-7(8)12(14,15)16)9(17)11(3-4-11)10(18)19;/h1-2,5H,3-4H2,(H,18,19);/q;+1/p-1. The first-order valence-corrected chi connectivity index (χ1v) is 5.69. The average Bonchev–Trinajstić information content (AvgIpc) is 3.07. The minimum absolute atomic E-state index is 0. The van der Waals surface area contributed by atoms with Crippen LogP contribution >= 0.6 is 11.6 Å². The zero-order valence-electron chi connectivity index (χ0n) is 10.4. The maximum atomic E-state index is 12.5. The summed E-state index contributed by atoms with van der Waals surface area (Å²) in [6.45, 7) is 0. The second-order valence-corrected chi connectivity index (χ2v) is 4.80. The summed E-state index contributed by atoms with van der Waals surface area (Å²) in [7, 11) is 0. The van der Waals surface area contributed by atoms with Crippen LogP contribution in [0.1, 0.15) is 28.8 Å². The van der Waals surface area contributed by atoms with Crippen molar-refractivity contribution in [3.05, 3.63) is 34.3 Å². The van der Waals surface area contributed by atoms with Gasteiger partial charge in [0.15, 0.2) is 5.78 Å². The van der Waals surface area contributed by atoms with Crippen LogP contribution in [0.15, 0.2) is 18.2 Å². The van der Waals surface area contributed by atoms with Crippen LogP contribution in [-0.4, -0.2) is 11.8 Å². The summed E-state index contributed by atoms with van der Waals surface area (Å²) in [4.78, 5) is 22.8. The van der Waals surface area contributed by atoms with Gasteiger partial charge in [0.1, 0.15) is 0 Å². The molecule has 2 rings (SSSR count). The van der Waals surface area contributed by atoms with Crippen LogP contribution in [0.2, 0.25) is 5.02 Å². The zero-order chi connectivity index (χ0) is 14.4. The predicted octanol–water partition coefficient (Wildman–Crippen LogP) is -0.924. The maximum absolute atomic E-state index is 12.5. The Kier molecular flexibility index (Phi) is 4.96. The van der Waals surface area contributed by atoms with E-state index in [1.807, 2.05) is 0 Å². The third-order valence-corrected chi connectivity index (χ3v) is 3.42. The molecule has 3 nitrogen and oxygen atoms in total. The van der Waals surface area contributed by atoms with Gasteiger partial charge in [0, 0.05) is 5.56 Å². The van der Waals surface area contributed by atoms with E-state index in [4.69, 9.17) is 11.6 Å². The molecular formula is C12H7ClF3NaO3. The zero-order valence-corrected chi connectivity index (χ0v) is 13.1. The summed E-state index contributed by atoms with van der Waals surface area (Å²) in [5.74, 6) is -2.27. The molecule has 1 aromatic rings. The fraction of sp³-hybridized carbons (Fsp3) is 0.333. The summed E-state index contributed by atoms with van der Waals surface area (Å²) >= 11 is 5.47. The Bertz CT molecular complexity index is 568. The Labute approximate surface area is 139 Å². The fourth-order valence-electron chi connectivity index (χ4n) is 1.81. The number of carboxylic acid groups (broad SMARTS) is 1. The van der Waals surface area contributed by atoms with Crippen molar-refractivity contribution in [2.75, 3.05) is 0 Å². The number of benzene rings is 1. The van der Waals surface area contributed by atoms with Gasteiger partial charge in [0.2, 0.25) is 0 Å². The number of hydrogen-bond acceptors (Lipinski definition) is 3. The summed E-state index contributed by atoms with van der Waals surface area (Å²) in [5, 5.41) is 10.2. The molecule has 0 aliphatic heterocycles. The number of halogens is 4. The SMILES string of the molecule is O=C([O-])C1(C(=O)c2ccc(C(F)(F)F)c(Cl)c2)CC1.[Na+]. The minimum Gasteiger partial charge on any atom is -0.549 e. The summed E-state index contributed by atoms with van der Waals surface area (Å²) < 4.78 is 37.4. The van der Waals surface area contributed by atoms with Crippen molar-refractivity contribution >= 4 is 23.4 Å². The smallest absolute Gasteiger partial charge is 0.549 e. The third kappa shape index (κ3) is 3.03. The summed E-state index contributed by atoms with van der Waals surface area (Å²) in [5.41, 5.74) is -2.81. The number of carboxylic acids is 1. The van der Waals surface area contributed by atoms with Gasteiger partial charge in [-0.05, 0) is 25.0 Å². The van der Waals surface area contributed by atoms with Gasteiger partial charge in [0.05, 0.1) is 22.0 Å². The normalized spacial score (nSPS) is 16.2. The van der Waals surface area contributed by atoms with Crippen LogP contribution in [0, 0.1) is 5.41 Å². The summed E-state index contributed by atoms with van der Waals surface area (Å²) in [6.07, 6.45) is -4.36. The Morgan fingerprint density at radius 2 is 1.80 bits per heavy atom. The molecule has 1 fully saturated rings. The molecule has 0 N–H and O–H groups in total. The Hall–Kier alpha value is -0.560. The number of aliphatic carboxylic acids is 1. The van der Waals surface area contributed by atoms with Crippen LogP contribution < -0.4 is 34.7 Å². The molecule has 1 saturated carbocycles. The molecule has 0 spiro atoms. The number of ketones is 1. The van der Waals surface area contributed by atoms with E-state index in [9.17, 15) is 27.9 Å². The van der Waals surface area contributed by atoms with Gasteiger partial charge in [-0.2, -0.15) is 13.2 Å². The number of carbonyl (C=O) groups is 2. The van der Waals surface area contributed by atoms with E-state index < -0.39 is 33.9 Å². The number of carbonyl (C=O) groups excluding carboxylic acids is 2. The van der Waals surface area contributed by atoms with Crippen LogP contribution in [0.25, 0.3) is 0 Å². The predicted molar refractivity (Wildman–Crippen MR) is 57.5 cm³/mol. The van der Waals surface area contributed by atoms with Crippen LogP contribution in [0.3, 0.4) is 0 Å².